The first-order valence-corrected chi connectivity index (χ1v) is 4.69. The lowest BCUT2D eigenvalue weighted by Gasteiger charge is -2.11. The number of carboxylic acids is 1. The van der Waals surface area contributed by atoms with Crippen LogP contribution < -0.4 is 17.0 Å². The van der Waals surface area contributed by atoms with E-state index in [1.807, 2.05) is 5.43 Å². The van der Waals surface area contributed by atoms with Crippen molar-refractivity contribution in [2.24, 2.45) is 11.6 Å². The van der Waals surface area contributed by atoms with E-state index in [1.54, 1.807) is 0 Å². The average molecular weight is 257 g/mol. The van der Waals surface area contributed by atoms with Gasteiger partial charge in [0.1, 0.15) is 5.84 Å². The fourth-order valence-electron chi connectivity index (χ4n) is 1.33. The van der Waals surface area contributed by atoms with Crippen molar-refractivity contribution in [3.05, 3.63) is 33.8 Å². The molecular weight excluding hydrogens is 248 g/mol. The highest BCUT2D eigenvalue weighted by molar-refractivity contribution is 6.35. The van der Waals surface area contributed by atoms with Gasteiger partial charge in [-0.05, 0) is 12.1 Å². The SMILES string of the molecule is N=C(N)c1c(C(=O)O)ccc(Cl)c1C(=O)NN. The molecule has 8 heteroatoms. The zero-order valence-electron chi connectivity index (χ0n) is 8.45. The monoisotopic (exact) mass is 256 g/mol. The fourth-order valence-corrected chi connectivity index (χ4v) is 1.57. The molecule has 1 rings (SSSR count). The van der Waals surface area contributed by atoms with E-state index in [0.717, 1.165) is 6.07 Å². The molecule has 0 aliphatic heterocycles. The van der Waals surface area contributed by atoms with Gasteiger partial charge >= 0.3 is 5.97 Å². The van der Waals surface area contributed by atoms with Crippen molar-refractivity contribution in [3.8, 4) is 0 Å². The van der Waals surface area contributed by atoms with Gasteiger partial charge in [-0.15, -0.1) is 0 Å². The first kappa shape index (κ1) is 12.9. The molecule has 1 aromatic carbocycles. The third-order valence-corrected chi connectivity index (χ3v) is 2.33. The minimum Gasteiger partial charge on any atom is -0.478 e. The lowest BCUT2D eigenvalue weighted by Crippen LogP contribution is -2.33. The molecular formula is C9H9ClN4O3. The Hall–Kier alpha value is -2.12. The number of carboxylic acid groups (broad SMARTS) is 1. The number of hydrogen-bond donors (Lipinski definition) is 5. The third-order valence-electron chi connectivity index (χ3n) is 2.01. The third kappa shape index (κ3) is 2.35. The highest BCUT2D eigenvalue weighted by Gasteiger charge is 2.23. The number of halogens is 1. The van der Waals surface area contributed by atoms with E-state index in [4.69, 9.17) is 33.7 Å². The van der Waals surface area contributed by atoms with Gasteiger partial charge in [-0.3, -0.25) is 15.6 Å². The number of carbonyl (C=O) groups is 2. The highest BCUT2D eigenvalue weighted by atomic mass is 35.5. The van der Waals surface area contributed by atoms with E-state index in [1.165, 1.54) is 6.07 Å². The van der Waals surface area contributed by atoms with Crippen molar-refractivity contribution < 1.29 is 14.7 Å². The van der Waals surface area contributed by atoms with Crippen LogP contribution >= 0.6 is 11.6 Å². The molecule has 0 radical (unpaired) electrons. The Bertz CT molecular complexity index is 515. The average Bonchev–Trinajstić information content (AvgIpc) is 2.26. The molecule has 0 heterocycles. The van der Waals surface area contributed by atoms with Gasteiger partial charge in [0.05, 0.1) is 16.1 Å². The van der Waals surface area contributed by atoms with Gasteiger partial charge in [-0.2, -0.15) is 0 Å². The summed E-state index contributed by atoms with van der Waals surface area (Å²) in [6.45, 7) is 0. The maximum atomic E-state index is 11.5. The molecule has 1 amide bonds. The lowest BCUT2D eigenvalue weighted by molar-refractivity contribution is 0.0696. The highest BCUT2D eigenvalue weighted by Crippen LogP contribution is 2.23. The van der Waals surface area contributed by atoms with Crippen molar-refractivity contribution in [2.45, 2.75) is 0 Å². The number of rotatable bonds is 3. The Labute approximate surface area is 101 Å². The number of hydrazine groups is 1. The molecule has 17 heavy (non-hydrogen) atoms. The fraction of sp³-hybridized carbons (Fsp3) is 0. The predicted octanol–water partition coefficient (Wildman–Crippen LogP) is -0.0742. The van der Waals surface area contributed by atoms with Crippen molar-refractivity contribution in [1.82, 2.24) is 5.43 Å². The molecule has 0 bridgehead atoms. The Balaban J connectivity index is 3.66. The van der Waals surface area contributed by atoms with E-state index >= 15 is 0 Å². The Morgan fingerprint density at radius 2 is 1.94 bits per heavy atom. The molecule has 0 saturated heterocycles. The summed E-state index contributed by atoms with van der Waals surface area (Å²) in [7, 11) is 0. The minimum absolute atomic E-state index is 0.0387. The molecule has 7 N–H and O–H groups in total. The smallest absolute Gasteiger partial charge is 0.336 e. The molecule has 0 aromatic heterocycles. The van der Waals surface area contributed by atoms with Crippen molar-refractivity contribution in [2.75, 3.05) is 0 Å². The molecule has 7 nitrogen and oxygen atoms in total. The summed E-state index contributed by atoms with van der Waals surface area (Å²) >= 11 is 5.76. The predicted molar refractivity (Wildman–Crippen MR) is 61.1 cm³/mol. The van der Waals surface area contributed by atoms with Crippen LogP contribution in [-0.4, -0.2) is 22.8 Å². The number of nitrogens with two attached hydrogens (primary N) is 2. The maximum Gasteiger partial charge on any atom is 0.336 e. The molecule has 0 saturated carbocycles. The van der Waals surface area contributed by atoms with Crippen molar-refractivity contribution in [1.29, 1.82) is 5.41 Å². The summed E-state index contributed by atoms with van der Waals surface area (Å²) in [6, 6.07) is 2.39. The number of nitrogens with one attached hydrogen (secondary N) is 2. The number of amidine groups is 1. The number of aromatic carboxylic acids is 1. The van der Waals surface area contributed by atoms with Gasteiger partial charge in [0.2, 0.25) is 0 Å². The summed E-state index contributed by atoms with van der Waals surface area (Å²) in [4.78, 5) is 22.4. The zero-order valence-corrected chi connectivity index (χ0v) is 9.21. The van der Waals surface area contributed by atoms with Crippen LogP contribution in [0, 0.1) is 5.41 Å². The summed E-state index contributed by atoms with van der Waals surface area (Å²) in [6.07, 6.45) is 0. The van der Waals surface area contributed by atoms with Crippen LogP contribution in [0.1, 0.15) is 26.3 Å². The van der Waals surface area contributed by atoms with Crippen LogP contribution in [0.2, 0.25) is 5.02 Å². The maximum absolute atomic E-state index is 11.5. The van der Waals surface area contributed by atoms with Gasteiger partial charge < -0.3 is 10.8 Å². The van der Waals surface area contributed by atoms with Crippen LogP contribution in [0.4, 0.5) is 0 Å². The molecule has 0 fully saturated rings. The van der Waals surface area contributed by atoms with Gasteiger partial charge in [0.15, 0.2) is 0 Å². The Morgan fingerprint density at radius 1 is 1.35 bits per heavy atom. The first-order chi connectivity index (χ1) is 7.90. The van der Waals surface area contributed by atoms with Gasteiger partial charge in [-0.1, -0.05) is 11.6 Å². The largest absolute Gasteiger partial charge is 0.478 e. The molecule has 0 unspecified atom stereocenters. The second kappa shape index (κ2) is 4.81. The number of hydrogen-bond acceptors (Lipinski definition) is 4. The van der Waals surface area contributed by atoms with Crippen LogP contribution in [0.25, 0.3) is 0 Å². The van der Waals surface area contributed by atoms with Crippen LogP contribution in [0.3, 0.4) is 0 Å². The van der Waals surface area contributed by atoms with E-state index in [9.17, 15) is 9.59 Å². The van der Waals surface area contributed by atoms with Crippen LogP contribution in [-0.2, 0) is 0 Å². The van der Waals surface area contributed by atoms with Crippen molar-refractivity contribution in [3.63, 3.8) is 0 Å². The van der Waals surface area contributed by atoms with E-state index in [0.29, 0.717) is 0 Å². The number of amides is 1. The second-order valence-corrected chi connectivity index (χ2v) is 3.44. The number of carbonyl (C=O) groups excluding carboxylic acids is 1. The van der Waals surface area contributed by atoms with Crippen LogP contribution in [0.15, 0.2) is 12.1 Å². The van der Waals surface area contributed by atoms with E-state index in [-0.39, 0.29) is 21.7 Å². The summed E-state index contributed by atoms with van der Waals surface area (Å²) < 4.78 is 0. The van der Waals surface area contributed by atoms with Gasteiger partial charge in [0.25, 0.3) is 5.91 Å². The number of benzene rings is 1. The molecule has 0 spiro atoms. The van der Waals surface area contributed by atoms with E-state index in [2.05, 4.69) is 0 Å². The topological polar surface area (TPSA) is 142 Å². The molecule has 90 valence electrons. The number of nitrogen functional groups attached to an aromatic ring is 2. The Morgan fingerprint density at radius 3 is 2.35 bits per heavy atom. The van der Waals surface area contributed by atoms with E-state index < -0.39 is 17.7 Å². The quantitative estimate of drug-likeness (QED) is 0.169. The standard InChI is InChI=1S/C9H9ClN4O3/c10-4-2-1-3(9(16)17)5(7(11)12)6(4)8(15)14-13/h1-2H,13H2,(H3,11,12)(H,14,15)(H,16,17). The molecule has 0 aliphatic carbocycles. The summed E-state index contributed by atoms with van der Waals surface area (Å²) in [5.74, 6) is 2.23. The normalized spacial score (nSPS) is 9.76. The molecule has 0 aliphatic rings. The van der Waals surface area contributed by atoms with Gasteiger partial charge in [0, 0.05) is 5.56 Å². The van der Waals surface area contributed by atoms with Crippen LogP contribution in [0.5, 0.6) is 0 Å². The minimum atomic E-state index is -1.32. The lowest BCUT2D eigenvalue weighted by atomic mass is 9.99. The summed E-state index contributed by atoms with van der Waals surface area (Å²) in [5, 5.41) is 16.2. The summed E-state index contributed by atoms with van der Waals surface area (Å²) in [5.41, 5.74) is 6.29. The second-order valence-electron chi connectivity index (χ2n) is 3.04. The first-order valence-electron chi connectivity index (χ1n) is 4.31. The van der Waals surface area contributed by atoms with Crippen molar-refractivity contribution >= 4 is 29.3 Å². The molecule has 1 aromatic rings. The van der Waals surface area contributed by atoms with Gasteiger partial charge in [-0.25, -0.2) is 10.6 Å². The Kier molecular flexibility index (Phi) is 3.66. The zero-order chi connectivity index (χ0) is 13.2. The molecule has 0 atom stereocenters.